The number of aromatic nitrogens is 2. The van der Waals surface area contributed by atoms with E-state index in [1.807, 2.05) is 68.4 Å². The van der Waals surface area contributed by atoms with Crippen LogP contribution < -0.4 is 53.8 Å². The van der Waals surface area contributed by atoms with Gasteiger partial charge in [0.15, 0.2) is 5.75 Å². The quantitative estimate of drug-likeness (QED) is 0.0682. The molecule has 56 heavy (non-hydrogen) atoms. The topological polar surface area (TPSA) is 96.8 Å². The van der Waals surface area contributed by atoms with Crippen LogP contribution in [0.3, 0.4) is 0 Å². The Hall–Kier alpha value is -4.79. The molecule has 1 aromatic heterocycles. The molecule has 0 aliphatic carbocycles. The molecule has 15 heteroatoms. The molecule has 8 nitrogen and oxygen atoms in total. The van der Waals surface area contributed by atoms with Crippen LogP contribution >= 0.6 is 0 Å². The van der Waals surface area contributed by atoms with Crippen LogP contribution in [-0.4, -0.2) is 29.7 Å². The van der Waals surface area contributed by atoms with Crippen molar-refractivity contribution in [1.29, 1.82) is 0 Å². The summed E-state index contributed by atoms with van der Waals surface area (Å²) in [4.78, 5) is 20.9. The van der Waals surface area contributed by atoms with Gasteiger partial charge < -0.3 is 29.0 Å². The van der Waals surface area contributed by atoms with Gasteiger partial charge in [-0.3, -0.25) is 0 Å². The summed E-state index contributed by atoms with van der Waals surface area (Å²) in [6.07, 6.45) is -7.61. The number of rotatable bonds is 16. The number of carbonyl (C=O) groups excluding carboxylic acids is 1. The maximum Gasteiger partial charge on any atom is 1.00 e. The number of benzene rings is 4. The minimum atomic E-state index is -5.05. The molecule has 0 atom stereocenters. The molecule has 0 N–H and O–H groups in total. The zero-order valence-electron chi connectivity index (χ0n) is 31.2. The number of alkyl halides is 6. The van der Waals surface area contributed by atoms with Crippen molar-refractivity contribution in [2.45, 2.75) is 64.7 Å². The molecule has 0 aliphatic rings. The third kappa shape index (κ3) is 12.1. The summed E-state index contributed by atoms with van der Waals surface area (Å²) in [5.74, 6) is 0.0546. The van der Waals surface area contributed by atoms with Crippen molar-refractivity contribution in [3.63, 3.8) is 0 Å². The Bertz CT molecular complexity index is 2030. The number of carboxylic acids is 1. The second-order valence-electron chi connectivity index (χ2n) is 13.0. The van der Waals surface area contributed by atoms with E-state index in [2.05, 4.69) is 9.97 Å². The van der Waals surface area contributed by atoms with Gasteiger partial charge in [0.05, 0.1) is 37.2 Å². The summed E-state index contributed by atoms with van der Waals surface area (Å²) in [7, 11) is 1.53. The first-order valence-corrected chi connectivity index (χ1v) is 17.3. The van der Waals surface area contributed by atoms with Crippen LogP contribution in [0.2, 0.25) is 0 Å². The monoisotopic (exact) mass is 789 g/mol. The molecule has 0 radical (unpaired) electrons. The van der Waals surface area contributed by atoms with Crippen LogP contribution in [0.4, 0.5) is 32.3 Å². The number of anilines is 1. The molecular formula is C41H38F6N3NaO5. The standard InChI is InChI=1S/C41H39F6N3O5.Na/c1-26(2)29-11-14-37(53-3)36(19-29)35-13-12-33(55-25-27-8-5-4-6-9-27)18-30(35)24-50(39-48-21-34(22-49-39)54-15-7-10-38(51)52)23-28-16-31(40(42,43)44)20-32(17-28)41(45,46)47;/h4-6,8-9,11-14,16-22,26H,7,10,15,23-25H2,1-3H3,(H,51,52);/q;+1/p-1. The number of hydrogen-bond donors (Lipinski definition) is 0. The smallest absolute Gasteiger partial charge is 0.550 e. The molecule has 290 valence electrons. The maximum atomic E-state index is 13.9. The molecule has 0 saturated carbocycles. The first-order chi connectivity index (χ1) is 26.1. The molecule has 0 amide bonds. The molecule has 0 bridgehead atoms. The van der Waals surface area contributed by atoms with E-state index in [9.17, 15) is 36.2 Å². The van der Waals surface area contributed by atoms with Gasteiger partial charge in [0.1, 0.15) is 18.1 Å². The number of halogens is 6. The number of methoxy groups -OCH3 is 1. The van der Waals surface area contributed by atoms with Gasteiger partial charge in [-0.05, 0) is 89.0 Å². The summed E-state index contributed by atoms with van der Waals surface area (Å²) >= 11 is 0. The van der Waals surface area contributed by atoms with Crippen molar-refractivity contribution in [2.75, 3.05) is 18.6 Å². The number of carbonyl (C=O) groups is 1. The zero-order chi connectivity index (χ0) is 39.8. The Balaban J connectivity index is 0.00000696. The van der Waals surface area contributed by atoms with Crippen molar-refractivity contribution in [3.8, 4) is 28.4 Å². The molecule has 4 aromatic carbocycles. The van der Waals surface area contributed by atoms with E-state index in [1.54, 1.807) is 12.1 Å². The number of aliphatic carboxylic acids is 1. The molecule has 0 saturated heterocycles. The van der Waals surface area contributed by atoms with Crippen LogP contribution in [0.25, 0.3) is 11.1 Å². The predicted octanol–water partition coefficient (Wildman–Crippen LogP) is 6.01. The van der Waals surface area contributed by atoms with E-state index in [0.717, 1.165) is 11.1 Å². The summed E-state index contributed by atoms with van der Waals surface area (Å²) < 4.78 is 101. The molecule has 0 fully saturated rings. The SMILES string of the molecule is COc1ccc(C(C)C)cc1-c1ccc(OCc2ccccc2)cc1CN(Cc1cc(C(F)(F)F)cc(C(F)(F)F)c1)c1ncc(OCCCC(=O)[O-])cn1.[Na+]. The second-order valence-corrected chi connectivity index (χ2v) is 13.0. The van der Waals surface area contributed by atoms with Crippen molar-refractivity contribution in [2.24, 2.45) is 0 Å². The average molecular weight is 790 g/mol. The summed E-state index contributed by atoms with van der Waals surface area (Å²) in [5.41, 5.74) is 0.676. The van der Waals surface area contributed by atoms with Crippen molar-refractivity contribution in [1.82, 2.24) is 9.97 Å². The van der Waals surface area contributed by atoms with Crippen LogP contribution in [0, 0.1) is 0 Å². The van der Waals surface area contributed by atoms with Gasteiger partial charge in [0, 0.05) is 24.6 Å². The fourth-order valence-electron chi connectivity index (χ4n) is 5.78. The van der Waals surface area contributed by atoms with Gasteiger partial charge in [0.2, 0.25) is 5.95 Å². The van der Waals surface area contributed by atoms with Gasteiger partial charge in [-0.1, -0.05) is 56.3 Å². The molecular weight excluding hydrogens is 751 g/mol. The summed E-state index contributed by atoms with van der Waals surface area (Å²) in [6.45, 7) is 3.75. The Morgan fingerprint density at radius 2 is 1.43 bits per heavy atom. The van der Waals surface area contributed by atoms with Crippen molar-refractivity contribution in [3.05, 3.63) is 131 Å². The van der Waals surface area contributed by atoms with Gasteiger partial charge in [-0.15, -0.1) is 0 Å². The van der Waals surface area contributed by atoms with Gasteiger partial charge in [0.25, 0.3) is 0 Å². The van der Waals surface area contributed by atoms with Crippen LogP contribution in [0.1, 0.15) is 66.0 Å². The first kappa shape index (κ1) is 43.9. The van der Waals surface area contributed by atoms with Crippen molar-refractivity contribution >= 4 is 11.9 Å². The maximum absolute atomic E-state index is 13.9. The van der Waals surface area contributed by atoms with Gasteiger partial charge in [-0.25, -0.2) is 9.97 Å². The average Bonchev–Trinajstić information content (AvgIpc) is 3.15. The Labute approximate surface area is 342 Å². The number of carboxylic acid groups (broad SMARTS) is 1. The Kier molecular flexibility index (Phi) is 15.2. The van der Waals surface area contributed by atoms with Gasteiger partial charge in [-0.2, -0.15) is 26.3 Å². The zero-order valence-corrected chi connectivity index (χ0v) is 33.2. The van der Waals surface area contributed by atoms with Gasteiger partial charge >= 0.3 is 41.9 Å². The third-order valence-corrected chi connectivity index (χ3v) is 8.58. The second kappa shape index (κ2) is 19.4. The van der Waals surface area contributed by atoms with Crippen LogP contribution in [-0.2, 0) is 36.8 Å². The van der Waals surface area contributed by atoms with E-state index in [4.69, 9.17) is 14.2 Å². The largest absolute Gasteiger partial charge is 1.00 e. The summed E-state index contributed by atoms with van der Waals surface area (Å²) in [6, 6.07) is 22.0. The molecule has 0 spiro atoms. The molecule has 5 aromatic rings. The minimum Gasteiger partial charge on any atom is -0.550 e. The first-order valence-electron chi connectivity index (χ1n) is 17.3. The Morgan fingerprint density at radius 1 is 0.768 bits per heavy atom. The van der Waals surface area contributed by atoms with E-state index < -0.39 is 36.0 Å². The summed E-state index contributed by atoms with van der Waals surface area (Å²) in [5, 5.41) is 10.8. The van der Waals surface area contributed by atoms with Crippen LogP contribution in [0.5, 0.6) is 17.2 Å². The fourth-order valence-corrected chi connectivity index (χ4v) is 5.78. The molecule has 0 unspecified atom stereocenters. The molecule has 5 rings (SSSR count). The molecule has 0 aliphatic heterocycles. The number of nitrogens with zero attached hydrogens (tertiary/aromatic N) is 3. The van der Waals surface area contributed by atoms with Crippen molar-refractivity contribution < 1.29 is 80.0 Å². The van der Waals surface area contributed by atoms with E-state index in [1.165, 1.54) is 24.4 Å². The van der Waals surface area contributed by atoms with E-state index in [0.29, 0.717) is 40.3 Å². The molecule has 1 heterocycles. The minimum absolute atomic E-state index is 0. The number of hydrogen-bond acceptors (Lipinski definition) is 8. The Morgan fingerprint density at radius 3 is 2.02 bits per heavy atom. The third-order valence-electron chi connectivity index (χ3n) is 8.58. The normalized spacial score (nSPS) is 11.5. The number of ether oxygens (including phenoxy) is 3. The van der Waals surface area contributed by atoms with E-state index >= 15 is 0 Å². The predicted molar refractivity (Wildman–Crippen MR) is 191 cm³/mol. The van der Waals surface area contributed by atoms with E-state index in [-0.39, 0.29) is 91.4 Å². The van der Waals surface area contributed by atoms with Crippen LogP contribution in [0.15, 0.2) is 97.3 Å². The fraction of sp³-hybridized carbons (Fsp3) is 0.293.